The van der Waals surface area contributed by atoms with Gasteiger partial charge in [0.1, 0.15) is 5.75 Å². The van der Waals surface area contributed by atoms with Gasteiger partial charge in [0.05, 0.1) is 12.2 Å². The fourth-order valence-corrected chi connectivity index (χ4v) is 2.82. The summed E-state index contributed by atoms with van der Waals surface area (Å²) in [5.74, 6) is 0.180. The van der Waals surface area contributed by atoms with Crippen LogP contribution in [0.25, 0.3) is 0 Å². The van der Waals surface area contributed by atoms with E-state index >= 15 is 0 Å². The van der Waals surface area contributed by atoms with Crippen LogP contribution in [0.4, 0.5) is 0 Å². The molecule has 0 aliphatic carbocycles. The Kier molecular flexibility index (Phi) is 6.74. The normalized spacial score (nSPS) is 11.3. The van der Waals surface area contributed by atoms with Crippen molar-refractivity contribution in [1.29, 1.82) is 0 Å². The average Bonchev–Trinajstić information content (AvgIpc) is 2.97. The zero-order valence-corrected chi connectivity index (χ0v) is 14.6. The molecule has 6 nitrogen and oxygen atoms in total. The van der Waals surface area contributed by atoms with Crippen LogP contribution in [-0.4, -0.2) is 29.5 Å². The molecule has 0 spiro atoms. The maximum Gasteiger partial charge on any atom is 0.255 e. The van der Waals surface area contributed by atoms with Crippen LogP contribution in [0, 0.1) is 0 Å². The number of benzene rings is 1. The van der Waals surface area contributed by atoms with Crippen LogP contribution < -0.4 is 14.9 Å². The minimum Gasteiger partial charge on any atom is -0.493 e. The number of nitrogens with one attached hydrogen (secondary N) is 1. The molecule has 0 saturated carbocycles. The van der Waals surface area contributed by atoms with Crippen molar-refractivity contribution in [1.82, 2.24) is 9.88 Å². The second kappa shape index (κ2) is 9.02. The Hall–Kier alpha value is -2.41. The molecule has 2 rings (SSSR count). The molecule has 24 heavy (non-hydrogen) atoms. The van der Waals surface area contributed by atoms with E-state index in [4.69, 9.17) is 4.74 Å². The molecule has 0 aliphatic rings. The molecule has 1 N–H and O–H groups in total. The van der Waals surface area contributed by atoms with Gasteiger partial charge in [0.15, 0.2) is 4.80 Å². The van der Waals surface area contributed by atoms with Gasteiger partial charge in [-0.25, -0.2) is 0 Å². The number of ether oxygens (including phenoxy) is 1. The lowest BCUT2D eigenvalue weighted by atomic mass is 10.2. The van der Waals surface area contributed by atoms with E-state index < -0.39 is 0 Å². The molecular formula is C17H21N3O3S. The van der Waals surface area contributed by atoms with Gasteiger partial charge in [-0.05, 0) is 25.5 Å². The summed E-state index contributed by atoms with van der Waals surface area (Å²) in [6, 6.07) is 7.10. The van der Waals surface area contributed by atoms with Crippen LogP contribution in [0.2, 0.25) is 0 Å². The zero-order valence-electron chi connectivity index (χ0n) is 13.8. The van der Waals surface area contributed by atoms with Crippen LogP contribution in [-0.2, 0) is 11.8 Å². The van der Waals surface area contributed by atoms with Crippen LogP contribution in [0.3, 0.4) is 0 Å². The predicted molar refractivity (Wildman–Crippen MR) is 93.0 cm³/mol. The lowest BCUT2D eigenvalue weighted by molar-refractivity contribution is -0.118. The van der Waals surface area contributed by atoms with E-state index in [0.29, 0.717) is 42.1 Å². The Bertz CT molecular complexity index is 764. The summed E-state index contributed by atoms with van der Waals surface area (Å²) in [4.78, 5) is 28.7. The van der Waals surface area contributed by atoms with E-state index in [2.05, 4.69) is 10.3 Å². The van der Waals surface area contributed by atoms with E-state index in [1.807, 2.05) is 31.6 Å². The molecular weight excluding hydrogens is 326 g/mol. The Balaban J connectivity index is 1.81. The van der Waals surface area contributed by atoms with Gasteiger partial charge in [-0.15, -0.1) is 11.3 Å². The van der Waals surface area contributed by atoms with Gasteiger partial charge in [-0.3, -0.25) is 9.59 Å². The maximum atomic E-state index is 12.2. The van der Waals surface area contributed by atoms with Crippen molar-refractivity contribution >= 4 is 23.2 Å². The molecule has 0 aliphatic heterocycles. The highest BCUT2D eigenvalue weighted by molar-refractivity contribution is 7.07. The topological polar surface area (TPSA) is 72.7 Å². The number of carbonyl (C=O) groups is 2. The van der Waals surface area contributed by atoms with Crippen molar-refractivity contribution in [3.63, 3.8) is 0 Å². The highest BCUT2D eigenvalue weighted by atomic mass is 32.1. The first kappa shape index (κ1) is 17.9. The molecule has 0 radical (unpaired) electrons. The number of hydrogen-bond donors (Lipinski definition) is 1. The van der Waals surface area contributed by atoms with Gasteiger partial charge in [0.2, 0.25) is 5.91 Å². The zero-order chi connectivity index (χ0) is 17.4. The standard InChI is InChI=1S/C17H21N3O3S/c1-3-23-14-8-5-4-7-13(14)16(22)18-10-6-9-15(21)19-17-20(2)11-12-24-17/h4-5,7-8,11-12H,3,6,9-10H2,1-2H3,(H,18,22). The summed E-state index contributed by atoms with van der Waals surface area (Å²) in [6.07, 6.45) is 2.69. The monoisotopic (exact) mass is 347 g/mol. The first-order valence-electron chi connectivity index (χ1n) is 7.79. The third-order valence-corrected chi connectivity index (χ3v) is 4.11. The third-order valence-electron chi connectivity index (χ3n) is 3.26. The first-order valence-corrected chi connectivity index (χ1v) is 8.67. The number of hydrogen-bond acceptors (Lipinski definition) is 4. The third kappa shape index (κ3) is 5.06. The van der Waals surface area contributed by atoms with Gasteiger partial charge in [-0.1, -0.05) is 12.1 Å². The molecule has 2 aromatic rings. The van der Waals surface area contributed by atoms with Gasteiger partial charge >= 0.3 is 0 Å². The number of thiazole rings is 1. The van der Waals surface area contributed by atoms with E-state index in [1.54, 1.807) is 22.8 Å². The predicted octanol–water partition coefficient (Wildman–Crippen LogP) is 2.12. The number of aromatic nitrogens is 1. The van der Waals surface area contributed by atoms with Gasteiger partial charge in [0.25, 0.3) is 5.91 Å². The number of carbonyl (C=O) groups excluding carboxylic acids is 2. The summed E-state index contributed by atoms with van der Waals surface area (Å²) >= 11 is 1.42. The Morgan fingerprint density at radius 3 is 2.83 bits per heavy atom. The fraction of sp³-hybridized carbons (Fsp3) is 0.353. The number of para-hydroxylation sites is 1. The summed E-state index contributed by atoms with van der Waals surface area (Å²) < 4.78 is 7.24. The minimum atomic E-state index is -0.201. The average molecular weight is 347 g/mol. The quantitative estimate of drug-likeness (QED) is 0.780. The van der Waals surface area contributed by atoms with Gasteiger partial charge in [-0.2, -0.15) is 4.99 Å². The molecule has 0 fully saturated rings. The molecule has 1 heterocycles. The fourth-order valence-electron chi connectivity index (χ4n) is 2.07. The lowest BCUT2D eigenvalue weighted by Gasteiger charge is -2.10. The molecule has 0 atom stereocenters. The van der Waals surface area contributed by atoms with Gasteiger partial charge in [0, 0.05) is 31.6 Å². The highest BCUT2D eigenvalue weighted by Crippen LogP contribution is 2.17. The summed E-state index contributed by atoms with van der Waals surface area (Å²) in [5.41, 5.74) is 0.501. The Morgan fingerprint density at radius 1 is 1.33 bits per heavy atom. The van der Waals surface area contributed by atoms with Crippen molar-refractivity contribution < 1.29 is 14.3 Å². The molecule has 128 valence electrons. The second-order valence-corrected chi connectivity index (χ2v) is 5.96. The number of rotatable bonds is 7. The van der Waals surface area contributed by atoms with E-state index in [1.165, 1.54) is 11.3 Å². The van der Waals surface area contributed by atoms with E-state index in [9.17, 15) is 9.59 Å². The maximum absolute atomic E-state index is 12.2. The van der Waals surface area contributed by atoms with Crippen molar-refractivity contribution in [2.24, 2.45) is 12.0 Å². The summed E-state index contributed by atoms with van der Waals surface area (Å²) in [7, 11) is 1.85. The number of amides is 2. The SMILES string of the molecule is CCOc1ccccc1C(=O)NCCCC(=O)N=c1sccn1C. The minimum absolute atomic E-state index is 0.183. The molecule has 2 amide bonds. The van der Waals surface area contributed by atoms with Crippen molar-refractivity contribution in [2.45, 2.75) is 19.8 Å². The summed E-state index contributed by atoms with van der Waals surface area (Å²) in [6.45, 7) is 2.79. The van der Waals surface area contributed by atoms with Crippen LogP contribution in [0.1, 0.15) is 30.1 Å². The lowest BCUT2D eigenvalue weighted by Crippen LogP contribution is -2.25. The van der Waals surface area contributed by atoms with E-state index in [-0.39, 0.29) is 11.8 Å². The Morgan fingerprint density at radius 2 is 2.12 bits per heavy atom. The van der Waals surface area contributed by atoms with Crippen LogP contribution >= 0.6 is 11.3 Å². The number of aryl methyl sites for hydroxylation is 1. The smallest absolute Gasteiger partial charge is 0.255 e. The van der Waals surface area contributed by atoms with Crippen molar-refractivity contribution in [3.05, 3.63) is 46.2 Å². The molecule has 1 aromatic carbocycles. The van der Waals surface area contributed by atoms with Crippen LogP contribution in [0.15, 0.2) is 40.8 Å². The molecule has 7 heteroatoms. The molecule has 0 unspecified atom stereocenters. The summed E-state index contributed by atoms with van der Waals surface area (Å²) in [5, 5.41) is 4.69. The van der Waals surface area contributed by atoms with Crippen LogP contribution in [0.5, 0.6) is 5.75 Å². The molecule has 0 bridgehead atoms. The molecule has 0 saturated heterocycles. The van der Waals surface area contributed by atoms with E-state index in [0.717, 1.165) is 0 Å². The van der Waals surface area contributed by atoms with Crippen molar-refractivity contribution in [3.8, 4) is 5.75 Å². The number of nitrogens with zero attached hydrogens (tertiary/aromatic N) is 2. The van der Waals surface area contributed by atoms with Crippen molar-refractivity contribution in [2.75, 3.05) is 13.2 Å². The largest absolute Gasteiger partial charge is 0.493 e. The highest BCUT2D eigenvalue weighted by Gasteiger charge is 2.11. The van der Waals surface area contributed by atoms with Gasteiger partial charge < -0.3 is 14.6 Å². The second-order valence-electron chi connectivity index (χ2n) is 5.09. The first-order chi connectivity index (χ1) is 11.6. The molecule has 1 aromatic heterocycles. The Labute approximate surface area is 144 Å².